The minimum absolute atomic E-state index is 0.733. The first kappa shape index (κ1) is 12.9. The minimum atomic E-state index is 0.733. The van der Waals surface area contributed by atoms with Crippen LogP contribution < -0.4 is 9.80 Å². The van der Waals surface area contributed by atoms with E-state index in [1.165, 1.54) is 19.3 Å². The van der Waals surface area contributed by atoms with Crippen molar-refractivity contribution in [2.45, 2.75) is 19.3 Å². The number of rotatable bonds is 4. The maximum atomic E-state index is 4.47. The molecule has 4 heteroatoms. The number of nitrogens with zero attached hydrogens (tertiary/aromatic N) is 4. The van der Waals surface area contributed by atoms with Crippen LogP contribution in [-0.4, -0.2) is 37.7 Å². The maximum absolute atomic E-state index is 4.47. The number of aromatic nitrogens is 2. The van der Waals surface area contributed by atoms with Gasteiger partial charge in [-0.15, -0.1) is 0 Å². The summed E-state index contributed by atoms with van der Waals surface area (Å²) in [4.78, 5) is 13.1. The van der Waals surface area contributed by atoms with Crippen molar-refractivity contribution in [3.05, 3.63) is 24.5 Å². The standard InChI is InChI=1S/C14H22N4/c1-17(2)13-14(16-10-9-15-13)18(3)11-12-7-5-4-6-8-12/h4-5,9-10,12H,6-8,11H2,1-3H3. The molecule has 0 bridgehead atoms. The van der Waals surface area contributed by atoms with Gasteiger partial charge in [0.25, 0.3) is 0 Å². The molecule has 1 aromatic rings. The highest BCUT2D eigenvalue weighted by atomic mass is 15.2. The summed E-state index contributed by atoms with van der Waals surface area (Å²) in [5.74, 6) is 2.64. The van der Waals surface area contributed by atoms with E-state index < -0.39 is 0 Å². The molecule has 1 heterocycles. The second kappa shape index (κ2) is 5.85. The van der Waals surface area contributed by atoms with Gasteiger partial charge in [0.05, 0.1) is 0 Å². The summed E-state index contributed by atoms with van der Waals surface area (Å²) in [6, 6.07) is 0. The third-order valence-corrected chi connectivity index (χ3v) is 3.36. The summed E-state index contributed by atoms with van der Waals surface area (Å²) in [5, 5.41) is 0. The lowest BCUT2D eigenvalue weighted by atomic mass is 9.94. The smallest absolute Gasteiger partial charge is 0.171 e. The normalized spacial score (nSPS) is 18.7. The topological polar surface area (TPSA) is 32.3 Å². The van der Waals surface area contributed by atoms with Crippen LogP contribution in [0.4, 0.5) is 11.6 Å². The fraction of sp³-hybridized carbons (Fsp3) is 0.571. The number of hydrogen-bond donors (Lipinski definition) is 0. The lowest BCUT2D eigenvalue weighted by molar-refractivity contribution is 0.480. The molecule has 0 saturated heterocycles. The van der Waals surface area contributed by atoms with Gasteiger partial charge in [-0.1, -0.05) is 12.2 Å². The van der Waals surface area contributed by atoms with E-state index in [9.17, 15) is 0 Å². The second-order valence-corrected chi connectivity index (χ2v) is 5.13. The number of anilines is 2. The number of allylic oxidation sites excluding steroid dienone is 2. The van der Waals surface area contributed by atoms with E-state index in [-0.39, 0.29) is 0 Å². The van der Waals surface area contributed by atoms with Gasteiger partial charge in [-0.05, 0) is 25.2 Å². The van der Waals surface area contributed by atoms with Gasteiger partial charge in [0.2, 0.25) is 0 Å². The van der Waals surface area contributed by atoms with E-state index in [2.05, 4.69) is 34.1 Å². The van der Waals surface area contributed by atoms with Gasteiger partial charge < -0.3 is 9.80 Å². The summed E-state index contributed by atoms with van der Waals surface area (Å²) >= 11 is 0. The van der Waals surface area contributed by atoms with Gasteiger partial charge in [0.1, 0.15) is 0 Å². The molecule has 0 saturated carbocycles. The molecule has 0 spiro atoms. The van der Waals surface area contributed by atoms with E-state index in [1.54, 1.807) is 12.4 Å². The maximum Gasteiger partial charge on any atom is 0.171 e. The van der Waals surface area contributed by atoms with E-state index in [4.69, 9.17) is 0 Å². The van der Waals surface area contributed by atoms with Crippen LogP contribution in [-0.2, 0) is 0 Å². The van der Waals surface area contributed by atoms with Crippen LogP contribution in [0.3, 0.4) is 0 Å². The lowest BCUT2D eigenvalue weighted by Gasteiger charge is -2.27. The molecule has 1 atom stereocenters. The Morgan fingerprint density at radius 3 is 2.44 bits per heavy atom. The first-order valence-corrected chi connectivity index (χ1v) is 6.53. The zero-order valence-corrected chi connectivity index (χ0v) is 11.5. The van der Waals surface area contributed by atoms with Crippen molar-refractivity contribution in [1.29, 1.82) is 0 Å². The molecule has 0 amide bonds. The van der Waals surface area contributed by atoms with Crippen molar-refractivity contribution in [2.24, 2.45) is 5.92 Å². The van der Waals surface area contributed by atoms with E-state index >= 15 is 0 Å². The average molecular weight is 246 g/mol. The van der Waals surface area contributed by atoms with Crippen molar-refractivity contribution in [2.75, 3.05) is 37.5 Å². The lowest BCUT2D eigenvalue weighted by Crippen LogP contribution is -2.28. The highest BCUT2D eigenvalue weighted by Gasteiger charge is 2.17. The van der Waals surface area contributed by atoms with Crippen molar-refractivity contribution in [3.8, 4) is 0 Å². The van der Waals surface area contributed by atoms with E-state index in [0.29, 0.717) is 0 Å². The van der Waals surface area contributed by atoms with Crippen LogP contribution in [0.25, 0.3) is 0 Å². The van der Waals surface area contributed by atoms with E-state index in [0.717, 1.165) is 24.1 Å². The molecule has 98 valence electrons. The van der Waals surface area contributed by atoms with Crippen LogP contribution in [0, 0.1) is 5.92 Å². The van der Waals surface area contributed by atoms with Crippen molar-refractivity contribution >= 4 is 11.6 Å². The Morgan fingerprint density at radius 2 is 1.83 bits per heavy atom. The van der Waals surface area contributed by atoms with Crippen LogP contribution >= 0.6 is 0 Å². The molecule has 1 unspecified atom stereocenters. The Balaban J connectivity index is 2.08. The first-order valence-electron chi connectivity index (χ1n) is 6.53. The molecule has 1 aromatic heterocycles. The van der Waals surface area contributed by atoms with E-state index in [1.807, 2.05) is 19.0 Å². The fourth-order valence-electron chi connectivity index (χ4n) is 2.40. The zero-order valence-electron chi connectivity index (χ0n) is 11.5. The summed E-state index contributed by atoms with van der Waals surface area (Å²) in [7, 11) is 6.12. The van der Waals surface area contributed by atoms with Crippen LogP contribution in [0.15, 0.2) is 24.5 Å². The SMILES string of the molecule is CN(C)c1nccnc1N(C)CC1CC=CCC1. The van der Waals surface area contributed by atoms with Gasteiger partial charge in [-0.2, -0.15) is 0 Å². The van der Waals surface area contributed by atoms with Crippen molar-refractivity contribution in [3.63, 3.8) is 0 Å². The minimum Gasteiger partial charge on any atom is -0.360 e. The Kier molecular flexibility index (Phi) is 4.18. The Morgan fingerprint density at radius 1 is 1.11 bits per heavy atom. The molecule has 0 N–H and O–H groups in total. The third-order valence-electron chi connectivity index (χ3n) is 3.36. The molecule has 0 radical (unpaired) electrons. The molecule has 0 aliphatic heterocycles. The fourth-order valence-corrected chi connectivity index (χ4v) is 2.40. The monoisotopic (exact) mass is 246 g/mol. The summed E-state index contributed by atoms with van der Waals surface area (Å²) in [6.45, 7) is 1.05. The third kappa shape index (κ3) is 3.00. The predicted molar refractivity (Wildman–Crippen MR) is 76.1 cm³/mol. The molecular formula is C14H22N4. The van der Waals surface area contributed by atoms with Gasteiger partial charge in [-0.3, -0.25) is 0 Å². The van der Waals surface area contributed by atoms with Gasteiger partial charge in [-0.25, -0.2) is 9.97 Å². The van der Waals surface area contributed by atoms with Gasteiger partial charge in [0, 0.05) is 40.1 Å². The molecule has 0 fully saturated rings. The summed E-state index contributed by atoms with van der Waals surface area (Å²) in [5.41, 5.74) is 0. The Labute approximate surface area is 109 Å². The molecule has 0 aromatic carbocycles. The van der Waals surface area contributed by atoms with Crippen LogP contribution in [0.2, 0.25) is 0 Å². The molecule has 1 aliphatic rings. The molecule has 4 nitrogen and oxygen atoms in total. The quantitative estimate of drug-likeness (QED) is 0.763. The van der Waals surface area contributed by atoms with Crippen LogP contribution in [0.5, 0.6) is 0 Å². The molecule has 18 heavy (non-hydrogen) atoms. The van der Waals surface area contributed by atoms with Gasteiger partial charge in [0.15, 0.2) is 11.6 Å². The highest BCUT2D eigenvalue weighted by Crippen LogP contribution is 2.25. The summed E-state index contributed by atoms with van der Waals surface area (Å²) in [6.07, 6.45) is 11.8. The average Bonchev–Trinajstić information content (AvgIpc) is 2.40. The Hall–Kier alpha value is -1.58. The van der Waals surface area contributed by atoms with Crippen LogP contribution in [0.1, 0.15) is 19.3 Å². The predicted octanol–water partition coefficient (Wildman–Crippen LogP) is 2.34. The first-order chi connectivity index (χ1) is 8.68. The van der Waals surface area contributed by atoms with Crippen molar-refractivity contribution < 1.29 is 0 Å². The second-order valence-electron chi connectivity index (χ2n) is 5.13. The zero-order chi connectivity index (χ0) is 13.0. The highest BCUT2D eigenvalue weighted by molar-refractivity contribution is 5.60. The molecular weight excluding hydrogens is 224 g/mol. The number of hydrogen-bond acceptors (Lipinski definition) is 4. The molecule has 2 rings (SSSR count). The molecule has 1 aliphatic carbocycles. The van der Waals surface area contributed by atoms with Gasteiger partial charge >= 0.3 is 0 Å². The Bertz CT molecular complexity index is 414. The van der Waals surface area contributed by atoms with Crippen molar-refractivity contribution in [1.82, 2.24) is 9.97 Å². The summed E-state index contributed by atoms with van der Waals surface area (Å²) < 4.78 is 0. The largest absolute Gasteiger partial charge is 0.360 e.